The van der Waals surface area contributed by atoms with Gasteiger partial charge in [-0.15, -0.1) is 0 Å². The number of nitrogens with zero attached hydrogens (tertiary/aromatic N) is 2. The van der Waals surface area contributed by atoms with E-state index in [1.807, 2.05) is 0 Å². The molecule has 1 heterocycles. The van der Waals surface area contributed by atoms with Crippen LogP contribution in [0.5, 0.6) is 0 Å². The smallest absolute Gasteiger partial charge is 0.325 e. The van der Waals surface area contributed by atoms with Gasteiger partial charge in [0.05, 0.1) is 5.69 Å². The van der Waals surface area contributed by atoms with Crippen molar-refractivity contribution in [3.63, 3.8) is 0 Å². The summed E-state index contributed by atoms with van der Waals surface area (Å²) in [6, 6.07) is 7.70. The Hall–Kier alpha value is -2.71. The fraction of sp³-hybridized carbons (Fsp3) is 0.389. The SMILES string of the molecule is C=C(NNCCN(CC)CC)[C@H]1C(=O)NC(=O)N(c2ccccc2)C1=O. The Kier molecular flexibility index (Phi) is 6.88. The fourth-order valence-corrected chi connectivity index (χ4v) is 2.71. The van der Waals surface area contributed by atoms with E-state index in [9.17, 15) is 14.4 Å². The van der Waals surface area contributed by atoms with E-state index >= 15 is 0 Å². The molecule has 3 N–H and O–H groups in total. The van der Waals surface area contributed by atoms with Crippen molar-refractivity contribution in [2.24, 2.45) is 5.92 Å². The van der Waals surface area contributed by atoms with E-state index in [0.29, 0.717) is 12.2 Å². The van der Waals surface area contributed by atoms with Crippen LogP contribution in [0.1, 0.15) is 13.8 Å². The van der Waals surface area contributed by atoms with E-state index in [0.717, 1.165) is 24.5 Å². The van der Waals surface area contributed by atoms with Crippen molar-refractivity contribution in [3.8, 4) is 0 Å². The van der Waals surface area contributed by atoms with Crippen molar-refractivity contribution in [2.75, 3.05) is 31.1 Å². The Labute approximate surface area is 153 Å². The highest BCUT2D eigenvalue weighted by atomic mass is 16.2. The minimum absolute atomic E-state index is 0.195. The number of anilines is 1. The molecule has 8 heteroatoms. The molecule has 0 bridgehead atoms. The van der Waals surface area contributed by atoms with Gasteiger partial charge >= 0.3 is 6.03 Å². The lowest BCUT2D eigenvalue weighted by Gasteiger charge is -2.31. The van der Waals surface area contributed by atoms with E-state index in [1.54, 1.807) is 30.3 Å². The zero-order valence-corrected chi connectivity index (χ0v) is 15.1. The van der Waals surface area contributed by atoms with Crippen LogP contribution >= 0.6 is 0 Å². The molecule has 0 aliphatic carbocycles. The molecule has 1 aliphatic heterocycles. The third-order valence-electron chi connectivity index (χ3n) is 4.22. The molecule has 8 nitrogen and oxygen atoms in total. The highest BCUT2D eigenvalue weighted by Gasteiger charge is 2.42. The van der Waals surface area contributed by atoms with Crippen molar-refractivity contribution in [3.05, 3.63) is 42.6 Å². The molecule has 0 aromatic heterocycles. The molecular formula is C18H25N5O3. The molecular weight excluding hydrogens is 334 g/mol. The molecule has 140 valence electrons. The summed E-state index contributed by atoms with van der Waals surface area (Å²) in [5.74, 6) is -2.50. The van der Waals surface area contributed by atoms with Crippen LogP contribution in [0.2, 0.25) is 0 Å². The first-order valence-electron chi connectivity index (χ1n) is 8.63. The molecule has 1 fully saturated rings. The standard InChI is InChI=1S/C18H25N5O3/c1-4-22(5-2)12-11-19-21-13(3)15-16(24)20-18(26)23(17(15)25)14-9-7-6-8-10-14/h6-10,15,19,21H,3-5,11-12H2,1-2H3,(H,20,24,26)/t15-/m0/s1. The zero-order chi connectivity index (χ0) is 19.1. The number of likely N-dealkylation sites (N-methyl/N-ethyl adjacent to an activating group) is 1. The molecule has 0 radical (unpaired) electrons. The summed E-state index contributed by atoms with van der Waals surface area (Å²) >= 11 is 0. The van der Waals surface area contributed by atoms with Gasteiger partial charge in [-0.1, -0.05) is 38.6 Å². The van der Waals surface area contributed by atoms with Gasteiger partial charge in [0, 0.05) is 18.8 Å². The summed E-state index contributed by atoms with van der Waals surface area (Å²) in [5.41, 5.74) is 6.37. The maximum atomic E-state index is 12.7. The molecule has 1 aromatic carbocycles. The predicted molar refractivity (Wildman–Crippen MR) is 99.0 cm³/mol. The molecule has 4 amide bonds. The Morgan fingerprint density at radius 2 is 1.85 bits per heavy atom. The zero-order valence-electron chi connectivity index (χ0n) is 15.1. The van der Waals surface area contributed by atoms with Gasteiger partial charge < -0.3 is 10.3 Å². The normalized spacial score (nSPS) is 17.4. The van der Waals surface area contributed by atoms with Crippen LogP contribution in [-0.2, 0) is 9.59 Å². The molecule has 1 atom stereocenters. The summed E-state index contributed by atoms with van der Waals surface area (Å²) < 4.78 is 0. The maximum Gasteiger partial charge on any atom is 0.335 e. The molecule has 0 unspecified atom stereocenters. The first kappa shape index (κ1) is 19.6. The van der Waals surface area contributed by atoms with Gasteiger partial charge in [0.25, 0.3) is 5.91 Å². The third kappa shape index (κ3) is 4.47. The fourth-order valence-electron chi connectivity index (χ4n) is 2.71. The van der Waals surface area contributed by atoms with Crippen LogP contribution in [0.15, 0.2) is 42.6 Å². The Morgan fingerprint density at radius 1 is 1.19 bits per heavy atom. The van der Waals surface area contributed by atoms with Crippen LogP contribution in [0.25, 0.3) is 0 Å². The van der Waals surface area contributed by atoms with E-state index in [-0.39, 0.29) is 5.70 Å². The lowest BCUT2D eigenvalue weighted by atomic mass is 10.0. The van der Waals surface area contributed by atoms with E-state index in [2.05, 4.69) is 41.5 Å². The highest BCUT2D eigenvalue weighted by molar-refractivity contribution is 6.28. The summed E-state index contributed by atoms with van der Waals surface area (Å²) in [7, 11) is 0. The second kappa shape index (κ2) is 9.12. The molecule has 1 aliphatic rings. The van der Waals surface area contributed by atoms with Gasteiger partial charge in [0.1, 0.15) is 0 Å². The topological polar surface area (TPSA) is 93.8 Å². The molecule has 26 heavy (non-hydrogen) atoms. The van der Waals surface area contributed by atoms with Crippen molar-refractivity contribution in [1.29, 1.82) is 0 Å². The number of barbiturate groups is 1. The van der Waals surface area contributed by atoms with Crippen molar-refractivity contribution >= 4 is 23.5 Å². The number of carbonyl (C=O) groups is 3. The number of hydrogen-bond acceptors (Lipinski definition) is 6. The van der Waals surface area contributed by atoms with Crippen LogP contribution in [0.4, 0.5) is 10.5 Å². The first-order valence-corrected chi connectivity index (χ1v) is 8.63. The van der Waals surface area contributed by atoms with Crippen molar-refractivity contribution in [2.45, 2.75) is 13.8 Å². The number of hydrogen-bond donors (Lipinski definition) is 3. The van der Waals surface area contributed by atoms with Crippen molar-refractivity contribution < 1.29 is 14.4 Å². The van der Waals surface area contributed by atoms with Crippen LogP contribution in [-0.4, -0.2) is 48.9 Å². The van der Waals surface area contributed by atoms with Gasteiger partial charge in [0.2, 0.25) is 5.91 Å². The van der Waals surface area contributed by atoms with E-state index < -0.39 is 23.8 Å². The number of urea groups is 1. The third-order valence-corrected chi connectivity index (χ3v) is 4.22. The minimum atomic E-state index is -1.19. The number of hydrazine groups is 1. The molecule has 0 saturated carbocycles. The lowest BCUT2D eigenvalue weighted by Crippen LogP contribution is -2.60. The maximum absolute atomic E-state index is 12.7. The number of benzene rings is 1. The summed E-state index contributed by atoms with van der Waals surface area (Å²) in [6.07, 6.45) is 0. The van der Waals surface area contributed by atoms with Crippen LogP contribution in [0.3, 0.4) is 0 Å². The average Bonchev–Trinajstić information content (AvgIpc) is 2.62. The largest absolute Gasteiger partial charge is 0.335 e. The minimum Gasteiger partial charge on any atom is -0.325 e. The molecule has 2 rings (SSSR count). The molecule has 1 aromatic rings. The van der Waals surface area contributed by atoms with Crippen LogP contribution in [0, 0.1) is 5.92 Å². The quantitative estimate of drug-likeness (QED) is 0.344. The second-order valence-corrected chi connectivity index (χ2v) is 5.84. The van der Waals surface area contributed by atoms with E-state index in [4.69, 9.17) is 0 Å². The Balaban J connectivity index is 2.00. The molecule has 1 saturated heterocycles. The predicted octanol–water partition coefficient (Wildman–Crippen LogP) is 0.835. The summed E-state index contributed by atoms with van der Waals surface area (Å²) in [5, 5.41) is 2.21. The van der Waals surface area contributed by atoms with Crippen LogP contribution < -0.4 is 21.1 Å². The second-order valence-electron chi connectivity index (χ2n) is 5.84. The number of carbonyl (C=O) groups excluding carboxylic acids is 3. The van der Waals surface area contributed by atoms with Gasteiger partial charge in [-0.25, -0.2) is 15.1 Å². The summed E-state index contributed by atoms with van der Waals surface area (Å²) in [4.78, 5) is 40.1. The number of para-hydroxylation sites is 1. The molecule has 0 spiro atoms. The highest BCUT2D eigenvalue weighted by Crippen LogP contribution is 2.22. The lowest BCUT2D eigenvalue weighted by molar-refractivity contribution is -0.132. The number of nitrogens with one attached hydrogen (secondary N) is 3. The Bertz CT molecular complexity index is 673. The van der Waals surface area contributed by atoms with E-state index in [1.165, 1.54) is 0 Å². The van der Waals surface area contributed by atoms with Gasteiger partial charge in [0.15, 0.2) is 5.92 Å². The average molecular weight is 359 g/mol. The van der Waals surface area contributed by atoms with Gasteiger partial charge in [-0.2, -0.15) is 0 Å². The van der Waals surface area contributed by atoms with Gasteiger partial charge in [-0.3, -0.25) is 14.9 Å². The Morgan fingerprint density at radius 3 is 2.46 bits per heavy atom. The summed E-state index contributed by atoms with van der Waals surface area (Å²) in [6.45, 7) is 11.3. The first-order chi connectivity index (χ1) is 12.5. The van der Waals surface area contributed by atoms with Gasteiger partial charge in [-0.05, 0) is 25.2 Å². The monoisotopic (exact) mass is 359 g/mol. The number of amides is 4. The number of rotatable bonds is 9. The van der Waals surface area contributed by atoms with Crippen molar-refractivity contribution in [1.82, 2.24) is 21.1 Å². The number of imide groups is 2.